The number of nitrogens with zero attached hydrogens (tertiary/aromatic N) is 2. The summed E-state index contributed by atoms with van der Waals surface area (Å²) in [7, 11) is 0. The fraction of sp³-hybridized carbons (Fsp3) is 0.125. The molecule has 1 amide bonds. The van der Waals surface area contributed by atoms with E-state index in [1.165, 1.54) is 0 Å². The van der Waals surface area contributed by atoms with Gasteiger partial charge in [-0.1, -0.05) is 27.5 Å². The minimum atomic E-state index is -0.0417. The highest BCUT2D eigenvalue weighted by Gasteiger charge is 2.07. The number of aromatic nitrogens is 2. The molecule has 0 atom stereocenters. The zero-order valence-corrected chi connectivity index (χ0v) is 13.9. The number of carbonyl (C=O) groups is 1. The summed E-state index contributed by atoms with van der Waals surface area (Å²) < 4.78 is 2.79. The van der Waals surface area contributed by atoms with Crippen LogP contribution in [-0.4, -0.2) is 15.7 Å². The van der Waals surface area contributed by atoms with Gasteiger partial charge >= 0.3 is 0 Å². The Balaban J connectivity index is 1.63. The summed E-state index contributed by atoms with van der Waals surface area (Å²) in [6.45, 7) is 0.521. The Hall–Kier alpha value is -1.85. The van der Waals surface area contributed by atoms with Crippen molar-refractivity contribution in [2.45, 2.75) is 13.0 Å². The zero-order valence-electron chi connectivity index (χ0n) is 11.6. The van der Waals surface area contributed by atoms with Crippen LogP contribution in [0.25, 0.3) is 10.9 Å². The lowest BCUT2D eigenvalue weighted by Crippen LogP contribution is -2.14. The van der Waals surface area contributed by atoms with Gasteiger partial charge in [-0.05, 0) is 42.5 Å². The summed E-state index contributed by atoms with van der Waals surface area (Å²) in [4.78, 5) is 12.0. The molecule has 1 N–H and O–H groups in total. The second kappa shape index (κ2) is 6.50. The molecule has 0 spiro atoms. The van der Waals surface area contributed by atoms with Crippen LogP contribution >= 0.6 is 27.5 Å². The molecular weight excluding hydrogens is 366 g/mol. The van der Waals surface area contributed by atoms with Crippen molar-refractivity contribution in [1.29, 1.82) is 0 Å². The van der Waals surface area contributed by atoms with Gasteiger partial charge in [-0.3, -0.25) is 9.48 Å². The van der Waals surface area contributed by atoms with Crippen LogP contribution in [0.3, 0.4) is 0 Å². The predicted octanol–water partition coefficient (Wildman–Crippen LogP) is 4.48. The molecule has 0 fully saturated rings. The Morgan fingerprint density at radius 3 is 2.77 bits per heavy atom. The lowest BCUT2D eigenvalue weighted by molar-refractivity contribution is -0.116. The smallest absolute Gasteiger partial charge is 0.226 e. The molecular formula is C16H13BrClN3O. The maximum absolute atomic E-state index is 12.0. The van der Waals surface area contributed by atoms with E-state index in [1.807, 2.05) is 47.1 Å². The highest BCUT2D eigenvalue weighted by Crippen LogP contribution is 2.19. The number of hydrogen-bond donors (Lipinski definition) is 1. The fourth-order valence-electron chi connectivity index (χ4n) is 2.20. The molecule has 0 aliphatic heterocycles. The molecule has 0 radical (unpaired) electrons. The number of fused-ring (bicyclic) bond motifs is 1. The van der Waals surface area contributed by atoms with Crippen molar-refractivity contribution < 1.29 is 4.79 Å². The van der Waals surface area contributed by atoms with E-state index in [4.69, 9.17) is 11.6 Å². The summed E-state index contributed by atoms with van der Waals surface area (Å²) in [5, 5.41) is 8.82. The Bertz CT molecular complexity index is 814. The molecule has 112 valence electrons. The number of carbonyl (C=O) groups excluding carboxylic acids is 1. The molecule has 3 aromatic rings. The van der Waals surface area contributed by atoms with Crippen molar-refractivity contribution in [3.05, 3.63) is 58.2 Å². The SMILES string of the molecule is O=C(CCn1ncc2cc(Cl)ccc21)Nc1ccc(Br)cc1. The third-order valence-electron chi connectivity index (χ3n) is 3.28. The van der Waals surface area contributed by atoms with Gasteiger partial charge in [0, 0.05) is 27.0 Å². The van der Waals surface area contributed by atoms with Gasteiger partial charge in [0.25, 0.3) is 0 Å². The van der Waals surface area contributed by atoms with Crippen molar-refractivity contribution in [1.82, 2.24) is 9.78 Å². The summed E-state index contributed by atoms with van der Waals surface area (Å²) in [5.41, 5.74) is 1.76. The second-order valence-electron chi connectivity index (χ2n) is 4.88. The number of benzene rings is 2. The molecule has 4 nitrogen and oxygen atoms in total. The van der Waals surface area contributed by atoms with E-state index in [0.29, 0.717) is 18.0 Å². The Morgan fingerprint density at radius 2 is 2.00 bits per heavy atom. The quantitative estimate of drug-likeness (QED) is 0.727. The van der Waals surface area contributed by atoms with E-state index >= 15 is 0 Å². The first kappa shape index (κ1) is 15.1. The van der Waals surface area contributed by atoms with Crippen LogP contribution in [0, 0.1) is 0 Å². The van der Waals surface area contributed by atoms with Gasteiger partial charge in [-0.2, -0.15) is 5.10 Å². The third-order valence-corrected chi connectivity index (χ3v) is 4.05. The highest BCUT2D eigenvalue weighted by molar-refractivity contribution is 9.10. The summed E-state index contributed by atoms with van der Waals surface area (Å²) in [6, 6.07) is 13.1. The summed E-state index contributed by atoms with van der Waals surface area (Å²) in [5.74, 6) is -0.0417. The minimum absolute atomic E-state index is 0.0417. The Kier molecular flexibility index (Phi) is 4.45. The molecule has 0 aliphatic rings. The fourth-order valence-corrected chi connectivity index (χ4v) is 2.65. The van der Waals surface area contributed by atoms with Crippen LogP contribution in [0.2, 0.25) is 5.02 Å². The van der Waals surface area contributed by atoms with Crippen molar-refractivity contribution in [2.24, 2.45) is 0 Å². The standard InChI is InChI=1S/C16H13BrClN3O/c17-12-1-4-14(5-2-12)20-16(22)7-8-21-15-6-3-13(18)9-11(15)10-19-21/h1-6,9-10H,7-8H2,(H,20,22). The van der Waals surface area contributed by atoms with Crippen LogP contribution in [0.4, 0.5) is 5.69 Å². The molecule has 0 saturated heterocycles. The average Bonchev–Trinajstić information content (AvgIpc) is 2.89. The van der Waals surface area contributed by atoms with Crippen LogP contribution in [0.1, 0.15) is 6.42 Å². The summed E-state index contributed by atoms with van der Waals surface area (Å²) >= 11 is 9.32. The van der Waals surface area contributed by atoms with E-state index in [1.54, 1.807) is 6.20 Å². The van der Waals surface area contributed by atoms with E-state index in [-0.39, 0.29) is 5.91 Å². The minimum Gasteiger partial charge on any atom is -0.326 e. The second-order valence-corrected chi connectivity index (χ2v) is 6.23. The normalized spacial score (nSPS) is 10.8. The molecule has 0 unspecified atom stereocenters. The number of hydrogen-bond acceptors (Lipinski definition) is 2. The molecule has 3 rings (SSSR count). The molecule has 0 aliphatic carbocycles. The van der Waals surface area contributed by atoms with Crippen LogP contribution in [0.5, 0.6) is 0 Å². The largest absolute Gasteiger partial charge is 0.326 e. The van der Waals surface area contributed by atoms with Crippen LogP contribution in [0.15, 0.2) is 53.1 Å². The number of nitrogens with one attached hydrogen (secondary N) is 1. The zero-order chi connectivity index (χ0) is 15.5. The average molecular weight is 379 g/mol. The number of rotatable bonds is 4. The number of amides is 1. The molecule has 2 aromatic carbocycles. The summed E-state index contributed by atoms with van der Waals surface area (Å²) in [6.07, 6.45) is 2.11. The molecule has 1 heterocycles. The first-order valence-corrected chi connectivity index (χ1v) is 7.95. The van der Waals surface area contributed by atoms with Gasteiger partial charge in [0.2, 0.25) is 5.91 Å². The van der Waals surface area contributed by atoms with E-state index < -0.39 is 0 Å². The highest BCUT2D eigenvalue weighted by atomic mass is 79.9. The lowest BCUT2D eigenvalue weighted by Gasteiger charge is -2.06. The topological polar surface area (TPSA) is 46.9 Å². The van der Waals surface area contributed by atoms with Crippen molar-refractivity contribution >= 4 is 50.0 Å². The maximum Gasteiger partial charge on any atom is 0.226 e. The van der Waals surface area contributed by atoms with Gasteiger partial charge in [-0.25, -0.2) is 0 Å². The van der Waals surface area contributed by atoms with Crippen LogP contribution in [-0.2, 0) is 11.3 Å². The van der Waals surface area contributed by atoms with Crippen molar-refractivity contribution in [2.75, 3.05) is 5.32 Å². The molecule has 0 bridgehead atoms. The van der Waals surface area contributed by atoms with E-state index in [0.717, 1.165) is 21.1 Å². The number of halogens is 2. The molecule has 1 aromatic heterocycles. The molecule has 6 heteroatoms. The van der Waals surface area contributed by atoms with Gasteiger partial charge in [0.15, 0.2) is 0 Å². The van der Waals surface area contributed by atoms with Crippen molar-refractivity contribution in [3.8, 4) is 0 Å². The Labute approximate surface area is 141 Å². The van der Waals surface area contributed by atoms with Gasteiger partial charge < -0.3 is 5.32 Å². The number of anilines is 1. The third kappa shape index (κ3) is 3.48. The molecule has 22 heavy (non-hydrogen) atoms. The maximum atomic E-state index is 12.0. The van der Waals surface area contributed by atoms with Crippen molar-refractivity contribution in [3.63, 3.8) is 0 Å². The lowest BCUT2D eigenvalue weighted by atomic mass is 10.2. The molecule has 0 saturated carbocycles. The van der Waals surface area contributed by atoms with Gasteiger partial charge in [0.1, 0.15) is 0 Å². The first-order chi connectivity index (χ1) is 10.6. The van der Waals surface area contributed by atoms with E-state index in [2.05, 4.69) is 26.3 Å². The van der Waals surface area contributed by atoms with Crippen LogP contribution < -0.4 is 5.32 Å². The first-order valence-electron chi connectivity index (χ1n) is 6.78. The van der Waals surface area contributed by atoms with Gasteiger partial charge in [0.05, 0.1) is 18.3 Å². The Morgan fingerprint density at radius 1 is 1.23 bits per heavy atom. The number of aryl methyl sites for hydroxylation is 1. The van der Waals surface area contributed by atoms with E-state index in [9.17, 15) is 4.79 Å². The van der Waals surface area contributed by atoms with Gasteiger partial charge in [-0.15, -0.1) is 0 Å². The monoisotopic (exact) mass is 377 g/mol. The predicted molar refractivity (Wildman–Crippen MR) is 92.1 cm³/mol.